The number of hydrogen-bond acceptors (Lipinski definition) is 3. The minimum Gasteiger partial charge on any atom is -0.481 e. The average Bonchev–Trinajstić information content (AvgIpc) is 2.76. The summed E-state index contributed by atoms with van der Waals surface area (Å²) in [5.41, 5.74) is 0. The SMILES string of the molecule is CCC/C=C\CCCCCCCCC(=O)O.CCCC=CCCCCCCCOC(C)=O. The Hall–Kier alpha value is -1.58. The molecular weight excluding hydrogens is 400 g/mol. The van der Waals surface area contributed by atoms with Gasteiger partial charge in [-0.1, -0.05) is 95.9 Å². The van der Waals surface area contributed by atoms with Crippen LogP contribution < -0.4 is 0 Å². The molecule has 0 heterocycles. The van der Waals surface area contributed by atoms with Gasteiger partial charge in [0.05, 0.1) is 6.61 Å². The molecule has 0 aromatic rings. The molecule has 1 N–H and O–H groups in total. The quantitative estimate of drug-likeness (QED) is 0.107. The third kappa shape index (κ3) is 35.8. The summed E-state index contributed by atoms with van der Waals surface area (Å²) in [6.45, 7) is 6.45. The Bertz CT molecular complexity index is 412. The van der Waals surface area contributed by atoms with Crippen LogP contribution in [0.2, 0.25) is 0 Å². The molecule has 0 aliphatic carbocycles. The van der Waals surface area contributed by atoms with E-state index in [0.717, 1.165) is 19.3 Å². The van der Waals surface area contributed by atoms with E-state index in [1.165, 1.54) is 96.8 Å². The van der Waals surface area contributed by atoms with E-state index < -0.39 is 5.97 Å². The summed E-state index contributed by atoms with van der Waals surface area (Å²) in [7, 11) is 0. The van der Waals surface area contributed by atoms with Crippen LogP contribution in [0.15, 0.2) is 24.3 Å². The summed E-state index contributed by atoms with van der Waals surface area (Å²) >= 11 is 0. The van der Waals surface area contributed by atoms with Crippen molar-refractivity contribution < 1.29 is 19.4 Å². The highest BCUT2D eigenvalue weighted by Gasteiger charge is 1.96. The Morgan fingerprint density at radius 1 is 0.625 bits per heavy atom. The molecule has 0 spiro atoms. The normalized spacial score (nSPS) is 11.0. The number of unbranched alkanes of at least 4 members (excludes halogenated alkanes) is 13. The van der Waals surface area contributed by atoms with Crippen molar-refractivity contribution in [3.05, 3.63) is 24.3 Å². The molecule has 4 heteroatoms. The van der Waals surface area contributed by atoms with Crippen molar-refractivity contribution in [3.63, 3.8) is 0 Å². The lowest BCUT2D eigenvalue weighted by Crippen LogP contribution is -1.99. The Labute approximate surface area is 198 Å². The fourth-order valence-corrected chi connectivity index (χ4v) is 3.16. The predicted octanol–water partition coefficient (Wildman–Crippen LogP) is 8.79. The first-order valence-electron chi connectivity index (χ1n) is 13.2. The van der Waals surface area contributed by atoms with Gasteiger partial charge in [-0.05, 0) is 51.4 Å². The molecule has 0 saturated heterocycles. The van der Waals surface area contributed by atoms with Crippen molar-refractivity contribution in [2.75, 3.05) is 6.61 Å². The van der Waals surface area contributed by atoms with Gasteiger partial charge in [0.25, 0.3) is 0 Å². The fraction of sp³-hybridized carbons (Fsp3) is 0.786. The van der Waals surface area contributed by atoms with E-state index in [9.17, 15) is 9.59 Å². The average molecular weight is 453 g/mol. The second kappa shape index (κ2) is 29.4. The van der Waals surface area contributed by atoms with Gasteiger partial charge in [-0.3, -0.25) is 9.59 Å². The monoisotopic (exact) mass is 452 g/mol. The van der Waals surface area contributed by atoms with Crippen LogP contribution in [0, 0.1) is 0 Å². The Balaban J connectivity index is 0. The number of ether oxygens (including phenoxy) is 1. The van der Waals surface area contributed by atoms with Crippen molar-refractivity contribution in [3.8, 4) is 0 Å². The van der Waals surface area contributed by atoms with Gasteiger partial charge in [-0.25, -0.2) is 0 Å². The number of aliphatic carboxylic acids is 1. The van der Waals surface area contributed by atoms with Gasteiger partial charge in [-0.15, -0.1) is 0 Å². The lowest BCUT2D eigenvalue weighted by atomic mass is 10.1. The maximum absolute atomic E-state index is 10.5. The minimum atomic E-state index is -0.666. The molecule has 0 radical (unpaired) electrons. The molecule has 0 atom stereocenters. The third-order valence-electron chi connectivity index (χ3n) is 5.08. The Morgan fingerprint density at radius 3 is 1.47 bits per heavy atom. The second-order valence-electron chi connectivity index (χ2n) is 8.47. The minimum absolute atomic E-state index is 0.166. The Morgan fingerprint density at radius 2 is 1.03 bits per heavy atom. The van der Waals surface area contributed by atoms with Crippen LogP contribution in [-0.4, -0.2) is 23.7 Å². The molecule has 0 bridgehead atoms. The lowest BCUT2D eigenvalue weighted by molar-refractivity contribution is -0.141. The third-order valence-corrected chi connectivity index (χ3v) is 5.08. The summed E-state index contributed by atoms with van der Waals surface area (Å²) in [6.07, 6.45) is 29.7. The molecule has 4 nitrogen and oxygen atoms in total. The van der Waals surface area contributed by atoms with E-state index in [1.807, 2.05) is 0 Å². The summed E-state index contributed by atoms with van der Waals surface area (Å²) < 4.78 is 4.86. The van der Waals surface area contributed by atoms with E-state index in [2.05, 4.69) is 38.2 Å². The maximum atomic E-state index is 10.5. The summed E-state index contributed by atoms with van der Waals surface area (Å²) in [6, 6.07) is 0. The van der Waals surface area contributed by atoms with Crippen LogP contribution >= 0.6 is 0 Å². The summed E-state index contributed by atoms with van der Waals surface area (Å²) in [5.74, 6) is -0.831. The molecule has 0 rings (SSSR count). The number of carbonyl (C=O) groups excluding carboxylic acids is 1. The molecule has 0 aromatic heterocycles. The number of esters is 1. The van der Waals surface area contributed by atoms with E-state index in [0.29, 0.717) is 13.0 Å². The first-order chi connectivity index (χ1) is 15.5. The van der Waals surface area contributed by atoms with Crippen molar-refractivity contribution in [1.82, 2.24) is 0 Å². The van der Waals surface area contributed by atoms with Gasteiger partial charge in [0.1, 0.15) is 0 Å². The van der Waals surface area contributed by atoms with Crippen molar-refractivity contribution >= 4 is 11.9 Å². The molecule has 0 aliphatic heterocycles. The predicted molar refractivity (Wildman–Crippen MR) is 137 cm³/mol. The second-order valence-corrected chi connectivity index (χ2v) is 8.47. The number of carboxylic acid groups (broad SMARTS) is 1. The number of carboxylic acids is 1. The highest BCUT2D eigenvalue weighted by Crippen LogP contribution is 2.09. The molecule has 0 aliphatic rings. The van der Waals surface area contributed by atoms with Crippen LogP contribution in [-0.2, 0) is 14.3 Å². The molecule has 32 heavy (non-hydrogen) atoms. The van der Waals surface area contributed by atoms with E-state index in [-0.39, 0.29) is 5.97 Å². The molecular formula is C28H52O4. The topological polar surface area (TPSA) is 63.6 Å². The molecule has 0 fully saturated rings. The zero-order chi connectivity index (χ0) is 24.1. The van der Waals surface area contributed by atoms with Crippen LogP contribution in [0.1, 0.15) is 136 Å². The highest BCUT2D eigenvalue weighted by atomic mass is 16.5. The van der Waals surface area contributed by atoms with E-state index >= 15 is 0 Å². The summed E-state index contributed by atoms with van der Waals surface area (Å²) in [4.78, 5) is 20.7. The Kier molecular flexibility index (Phi) is 30.0. The first-order valence-corrected chi connectivity index (χ1v) is 13.2. The van der Waals surface area contributed by atoms with Crippen LogP contribution in [0.5, 0.6) is 0 Å². The van der Waals surface area contributed by atoms with E-state index in [1.54, 1.807) is 0 Å². The smallest absolute Gasteiger partial charge is 0.303 e. The van der Waals surface area contributed by atoms with E-state index in [4.69, 9.17) is 9.84 Å². The van der Waals surface area contributed by atoms with Gasteiger partial charge in [0.15, 0.2) is 0 Å². The first kappa shape index (κ1) is 32.6. The number of carbonyl (C=O) groups is 2. The largest absolute Gasteiger partial charge is 0.481 e. The van der Waals surface area contributed by atoms with Gasteiger partial charge in [0, 0.05) is 13.3 Å². The number of hydrogen-bond donors (Lipinski definition) is 1. The van der Waals surface area contributed by atoms with Gasteiger partial charge < -0.3 is 9.84 Å². The molecule has 0 amide bonds. The standard InChI is InChI=1S/2C14H26O2/c1-3-4-5-6-7-8-9-10-11-12-13-16-14(2)15;1-2-3-4-5-6-7-8-9-10-11-12-13-14(15)16/h5-6H,3-4,7-13H2,1-2H3;4-5H,2-3,6-13H2,1H3,(H,15,16)/b;5-4-. The summed E-state index contributed by atoms with van der Waals surface area (Å²) in [5, 5.41) is 8.45. The molecule has 0 unspecified atom stereocenters. The van der Waals surface area contributed by atoms with Gasteiger partial charge in [0.2, 0.25) is 0 Å². The van der Waals surface area contributed by atoms with Gasteiger partial charge in [-0.2, -0.15) is 0 Å². The highest BCUT2D eigenvalue weighted by molar-refractivity contribution is 5.66. The lowest BCUT2D eigenvalue weighted by Gasteiger charge is -2.01. The molecule has 0 saturated carbocycles. The van der Waals surface area contributed by atoms with Crippen LogP contribution in [0.4, 0.5) is 0 Å². The van der Waals surface area contributed by atoms with Crippen molar-refractivity contribution in [1.29, 1.82) is 0 Å². The molecule has 0 aromatic carbocycles. The van der Waals surface area contributed by atoms with Crippen molar-refractivity contribution in [2.24, 2.45) is 0 Å². The molecule has 188 valence electrons. The van der Waals surface area contributed by atoms with Crippen LogP contribution in [0.25, 0.3) is 0 Å². The van der Waals surface area contributed by atoms with Gasteiger partial charge >= 0.3 is 11.9 Å². The maximum Gasteiger partial charge on any atom is 0.303 e. The fourth-order valence-electron chi connectivity index (χ4n) is 3.16. The van der Waals surface area contributed by atoms with Crippen molar-refractivity contribution in [2.45, 2.75) is 136 Å². The number of allylic oxidation sites excluding steroid dienone is 4. The zero-order valence-electron chi connectivity index (χ0n) is 21.4. The zero-order valence-corrected chi connectivity index (χ0v) is 21.4. The number of rotatable bonds is 21. The van der Waals surface area contributed by atoms with Crippen LogP contribution in [0.3, 0.4) is 0 Å².